The molecule has 0 fully saturated rings. The molecule has 0 atom stereocenters. The van der Waals surface area contributed by atoms with Crippen molar-refractivity contribution < 1.29 is 0 Å². The van der Waals surface area contributed by atoms with Crippen LogP contribution in [0.3, 0.4) is 0 Å². The van der Waals surface area contributed by atoms with Crippen LogP contribution in [0.5, 0.6) is 0 Å². The topological polar surface area (TPSA) is 0 Å². The lowest BCUT2D eigenvalue weighted by Crippen LogP contribution is -2.04. The van der Waals surface area contributed by atoms with Crippen molar-refractivity contribution in [2.24, 2.45) is 0 Å². The van der Waals surface area contributed by atoms with Gasteiger partial charge in [0.2, 0.25) is 0 Å². The van der Waals surface area contributed by atoms with Crippen LogP contribution in [-0.4, -0.2) is 0 Å². The summed E-state index contributed by atoms with van der Waals surface area (Å²) < 4.78 is 0. The summed E-state index contributed by atoms with van der Waals surface area (Å²) in [4.78, 5) is 2.79. The molecular weight excluding hydrogens is 296 g/mol. The lowest BCUT2D eigenvalue weighted by Gasteiger charge is -2.23. The molecule has 0 amide bonds. The minimum absolute atomic E-state index is 1.11. The number of thioether (sulfide) groups is 1. The van der Waals surface area contributed by atoms with Gasteiger partial charge in [-0.2, -0.15) is 0 Å². The van der Waals surface area contributed by atoms with Gasteiger partial charge in [-0.05, 0) is 52.1 Å². The van der Waals surface area contributed by atoms with E-state index in [0.29, 0.717) is 0 Å². The minimum Gasteiger partial charge on any atom is -0.0939 e. The molecule has 4 rings (SSSR count). The summed E-state index contributed by atoms with van der Waals surface area (Å²) in [5, 5.41) is 0. The SMILES string of the molecule is c1ccc(SC2=C(c3ccccc3)c3ccccc3CC2)cc1. The van der Waals surface area contributed by atoms with E-state index >= 15 is 0 Å². The number of hydrogen-bond acceptors (Lipinski definition) is 1. The van der Waals surface area contributed by atoms with Crippen LogP contribution in [0.4, 0.5) is 0 Å². The molecule has 0 saturated heterocycles. The smallest absolute Gasteiger partial charge is 0.0119 e. The Morgan fingerprint density at radius 1 is 0.609 bits per heavy atom. The van der Waals surface area contributed by atoms with Gasteiger partial charge in [-0.3, -0.25) is 0 Å². The minimum atomic E-state index is 1.11. The molecule has 1 aliphatic carbocycles. The van der Waals surface area contributed by atoms with Gasteiger partial charge in [-0.1, -0.05) is 84.6 Å². The average Bonchev–Trinajstić information content (AvgIpc) is 2.63. The predicted octanol–water partition coefficient (Wildman–Crippen LogP) is 6.18. The maximum Gasteiger partial charge on any atom is 0.0119 e. The lowest BCUT2D eigenvalue weighted by molar-refractivity contribution is 0.964. The molecule has 0 nitrogen and oxygen atoms in total. The highest BCUT2D eigenvalue weighted by Crippen LogP contribution is 2.43. The van der Waals surface area contributed by atoms with Crippen molar-refractivity contribution in [2.45, 2.75) is 17.7 Å². The van der Waals surface area contributed by atoms with E-state index in [4.69, 9.17) is 0 Å². The molecule has 0 unspecified atom stereocenters. The molecule has 23 heavy (non-hydrogen) atoms. The van der Waals surface area contributed by atoms with Crippen LogP contribution in [0.15, 0.2) is 94.7 Å². The average molecular weight is 314 g/mol. The molecule has 3 aromatic rings. The number of benzene rings is 3. The van der Waals surface area contributed by atoms with Crippen LogP contribution in [-0.2, 0) is 6.42 Å². The normalized spacial score (nSPS) is 13.7. The van der Waals surface area contributed by atoms with E-state index in [0.717, 1.165) is 12.8 Å². The number of allylic oxidation sites excluding steroid dienone is 1. The Morgan fingerprint density at radius 3 is 2.04 bits per heavy atom. The third-order valence-electron chi connectivity index (χ3n) is 4.23. The van der Waals surface area contributed by atoms with Crippen LogP contribution in [0.1, 0.15) is 23.1 Å². The molecule has 0 radical (unpaired) electrons. The Labute approximate surface area is 141 Å². The van der Waals surface area contributed by atoms with Crippen LogP contribution >= 0.6 is 11.8 Å². The van der Waals surface area contributed by atoms with E-state index in [2.05, 4.69) is 84.9 Å². The zero-order valence-electron chi connectivity index (χ0n) is 12.9. The van der Waals surface area contributed by atoms with Crippen molar-refractivity contribution in [3.63, 3.8) is 0 Å². The first-order valence-electron chi connectivity index (χ1n) is 8.01. The predicted molar refractivity (Wildman–Crippen MR) is 99.5 cm³/mol. The Morgan fingerprint density at radius 2 is 1.26 bits per heavy atom. The van der Waals surface area contributed by atoms with Gasteiger partial charge in [0.25, 0.3) is 0 Å². The van der Waals surface area contributed by atoms with Crippen LogP contribution < -0.4 is 0 Å². The molecule has 0 aliphatic heterocycles. The fraction of sp³-hybridized carbons (Fsp3) is 0.0909. The summed E-state index contributed by atoms with van der Waals surface area (Å²) in [6.07, 6.45) is 2.24. The van der Waals surface area contributed by atoms with Gasteiger partial charge < -0.3 is 0 Å². The number of fused-ring (bicyclic) bond motifs is 1. The largest absolute Gasteiger partial charge is 0.0939 e. The Bertz CT molecular complexity index is 832. The summed E-state index contributed by atoms with van der Waals surface area (Å²) in [6, 6.07) is 30.3. The molecule has 3 aromatic carbocycles. The molecule has 0 aromatic heterocycles. The molecule has 112 valence electrons. The standard InChI is InChI=1S/C22H18S/c1-3-10-18(11-4-1)22-20-14-8-7-9-17(20)15-16-21(22)23-19-12-5-2-6-13-19/h1-14H,15-16H2. The van der Waals surface area contributed by atoms with E-state index in [1.165, 1.54) is 32.1 Å². The van der Waals surface area contributed by atoms with Gasteiger partial charge in [0.15, 0.2) is 0 Å². The summed E-state index contributed by atoms with van der Waals surface area (Å²) in [5.41, 5.74) is 5.58. The monoisotopic (exact) mass is 314 g/mol. The van der Waals surface area contributed by atoms with Gasteiger partial charge >= 0.3 is 0 Å². The zero-order chi connectivity index (χ0) is 15.5. The molecule has 0 spiro atoms. The van der Waals surface area contributed by atoms with Crippen LogP contribution in [0.25, 0.3) is 5.57 Å². The fourth-order valence-electron chi connectivity index (χ4n) is 3.16. The first-order valence-corrected chi connectivity index (χ1v) is 8.83. The first kappa shape index (κ1) is 14.3. The zero-order valence-corrected chi connectivity index (χ0v) is 13.7. The van der Waals surface area contributed by atoms with Crippen molar-refractivity contribution in [3.05, 3.63) is 107 Å². The second-order valence-electron chi connectivity index (χ2n) is 5.74. The van der Waals surface area contributed by atoms with Crippen molar-refractivity contribution in [3.8, 4) is 0 Å². The summed E-state index contributed by atoms with van der Waals surface area (Å²) >= 11 is 1.91. The third kappa shape index (κ3) is 2.97. The van der Waals surface area contributed by atoms with E-state index in [9.17, 15) is 0 Å². The van der Waals surface area contributed by atoms with E-state index in [1.54, 1.807) is 0 Å². The second kappa shape index (κ2) is 6.47. The van der Waals surface area contributed by atoms with E-state index in [1.807, 2.05) is 11.8 Å². The van der Waals surface area contributed by atoms with Crippen molar-refractivity contribution in [1.29, 1.82) is 0 Å². The quantitative estimate of drug-likeness (QED) is 0.556. The van der Waals surface area contributed by atoms with Crippen LogP contribution in [0, 0.1) is 0 Å². The van der Waals surface area contributed by atoms with Gasteiger partial charge in [-0.15, -0.1) is 0 Å². The molecule has 1 heteroatoms. The number of rotatable bonds is 3. The first-order chi connectivity index (χ1) is 11.4. The maximum absolute atomic E-state index is 2.27. The van der Waals surface area contributed by atoms with Gasteiger partial charge in [0.1, 0.15) is 0 Å². The van der Waals surface area contributed by atoms with Crippen LogP contribution in [0.2, 0.25) is 0 Å². The van der Waals surface area contributed by atoms with Gasteiger partial charge in [0.05, 0.1) is 0 Å². The van der Waals surface area contributed by atoms with E-state index < -0.39 is 0 Å². The van der Waals surface area contributed by atoms with Crippen molar-refractivity contribution in [1.82, 2.24) is 0 Å². The number of aryl methyl sites for hydroxylation is 1. The highest BCUT2D eigenvalue weighted by Gasteiger charge is 2.20. The Kier molecular flexibility index (Phi) is 4.04. The van der Waals surface area contributed by atoms with E-state index in [-0.39, 0.29) is 0 Å². The maximum atomic E-state index is 2.27. The summed E-state index contributed by atoms with van der Waals surface area (Å²) in [7, 11) is 0. The van der Waals surface area contributed by atoms with Gasteiger partial charge in [0, 0.05) is 4.90 Å². The molecule has 0 N–H and O–H groups in total. The van der Waals surface area contributed by atoms with Crippen molar-refractivity contribution in [2.75, 3.05) is 0 Å². The molecule has 0 saturated carbocycles. The summed E-state index contributed by atoms with van der Waals surface area (Å²) in [6.45, 7) is 0. The summed E-state index contributed by atoms with van der Waals surface area (Å²) in [5.74, 6) is 0. The third-order valence-corrected chi connectivity index (χ3v) is 5.40. The highest BCUT2D eigenvalue weighted by atomic mass is 32.2. The number of hydrogen-bond donors (Lipinski definition) is 0. The molecule has 0 heterocycles. The lowest BCUT2D eigenvalue weighted by atomic mass is 9.87. The Balaban J connectivity index is 1.86. The molecule has 1 aliphatic rings. The highest BCUT2D eigenvalue weighted by molar-refractivity contribution is 8.03. The van der Waals surface area contributed by atoms with Gasteiger partial charge in [-0.25, -0.2) is 0 Å². The fourth-order valence-corrected chi connectivity index (χ4v) is 4.27. The molecular formula is C22H18S. The molecule has 0 bridgehead atoms. The Hall–Kier alpha value is -2.25. The van der Waals surface area contributed by atoms with Crippen molar-refractivity contribution >= 4 is 17.3 Å². The second-order valence-corrected chi connectivity index (χ2v) is 6.90.